The van der Waals surface area contributed by atoms with E-state index in [1.807, 2.05) is 12.1 Å². The minimum atomic E-state index is 0.476. The Morgan fingerprint density at radius 3 is 2.80 bits per heavy atom. The summed E-state index contributed by atoms with van der Waals surface area (Å²) < 4.78 is 16.2. The summed E-state index contributed by atoms with van der Waals surface area (Å²) in [5, 5.41) is 6.55. The van der Waals surface area contributed by atoms with Crippen molar-refractivity contribution in [2.75, 3.05) is 47.1 Å². The van der Waals surface area contributed by atoms with Gasteiger partial charge in [-0.1, -0.05) is 19.9 Å². The smallest absolute Gasteiger partial charge is 0.218 e. The first kappa shape index (κ1) is 21.2. The van der Waals surface area contributed by atoms with Crippen LogP contribution in [0, 0.1) is 5.92 Å². The molecule has 0 fully saturated rings. The number of methoxy groups -OCH3 is 1. The highest BCUT2D eigenvalue weighted by Crippen LogP contribution is 2.13. The number of hydrogen-bond acceptors (Lipinski definition) is 5. The van der Waals surface area contributed by atoms with Crippen LogP contribution >= 0.6 is 0 Å². The van der Waals surface area contributed by atoms with Gasteiger partial charge in [-0.2, -0.15) is 0 Å². The van der Waals surface area contributed by atoms with Gasteiger partial charge in [0.15, 0.2) is 5.96 Å². The zero-order valence-corrected chi connectivity index (χ0v) is 15.9. The van der Waals surface area contributed by atoms with E-state index < -0.39 is 0 Å². The molecule has 142 valence electrons. The number of aliphatic imine (C=N–C) groups is 1. The van der Waals surface area contributed by atoms with Gasteiger partial charge in [0.1, 0.15) is 6.61 Å². The predicted octanol–water partition coefficient (Wildman–Crippen LogP) is 1.83. The van der Waals surface area contributed by atoms with Gasteiger partial charge >= 0.3 is 0 Å². The summed E-state index contributed by atoms with van der Waals surface area (Å²) in [5.74, 6) is 1.93. The summed E-state index contributed by atoms with van der Waals surface area (Å²) in [7, 11) is 3.40. The van der Waals surface area contributed by atoms with Crippen LogP contribution < -0.4 is 15.4 Å². The molecule has 7 heteroatoms. The summed E-state index contributed by atoms with van der Waals surface area (Å²) in [6, 6.07) is 3.87. The average molecular weight is 352 g/mol. The quantitative estimate of drug-likeness (QED) is 0.340. The van der Waals surface area contributed by atoms with Gasteiger partial charge < -0.3 is 24.8 Å². The van der Waals surface area contributed by atoms with E-state index in [-0.39, 0.29) is 0 Å². The first-order chi connectivity index (χ1) is 12.2. The van der Waals surface area contributed by atoms with Crippen molar-refractivity contribution in [3.8, 4) is 5.88 Å². The number of pyridine rings is 1. The Balaban J connectivity index is 2.32. The first-order valence-electron chi connectivity index (χ1n) is 8.75. The molecule has 0 spiro atoms. The zero-order chi connectivity index (χ0) is 18.3. The first-order valence-corrected chi connectivity index (χ1v) is 8.75. The highest BCUT2D eigenvalue weighted by Gasteiger charge is 2.06. The van der Waals surface area contributed by atoms with E-state index in [2.05, 4.69) is 34.5 Å². The molecule has 0 amide bonds. The fourth-order valence-corrected chi connectivity index (χ4v) is 2.01. The van der Waals surface area contributed by atoms with Crippen LogP contribution in [0.4, 0.5) is 0 Å². The topological polar surface area (TPSA) is 77.0 Å². The summed E-state index contributed by atoms with van der Waals surface area (Å²) >= 11 is 0. The molecule has 0 aliphatic rings. The van der Waals surface area contributed by atoms with E-state index in [1.165, 1.54) is 0 Å². The summed E-state index contributed by atoms with van der Waals surface area (Å²) in [6.07, 6.45) is 2.65. The van der Waals surface area contributed by atoms with Crippen LogP contribution in [-0.4, -0.2) is 58.1 Å². The lowest BCUT2D eigenvalue weighted by atomic mass is 10.2. The number of aromatic nitrogens is 1. The highest BCUT2D eigenvalue weighted by atomic mass is 16.5. The number of rotatable bonds is 12. The van der Waals surface area contributed by atoms with Crippen molar-refractivity contribution < 1.29 is 14.2 Å². The van der Waals surface area contributed by atoms with Gasteiger partial charge in [-0.05, 0) is 18.4 Å². The molecule has 0 aromatic carbocycles. The molecule has 2 N–H and O–H groups in total. The maximum atomic E-state index is 5.64. The van der Waals surface area contributed by atoms with Crippen molar-refractivity contribution in [2.24, 2.45) is 10.9 Å². The van der Waals surface area contributed by atoms with Crippen LogP contribution in [0.1, 0.15) is 25.8 Å². The van der Waals surface area contributed by atoms with Gasteiger partial charge in [0, 0.05) is 52.2 Å². The molecular formula is C18H32N4O3. The van der Waals surface area contributed by atoms with Gasteiger partial charge in [-0.25, -0.2) is 4.98 Å². The summed E-state index contributed by atoms with van der Waals surface area (Å²) in [4.78, 5) is 8.50. The minimum Gasteiger partial charge on any atom is -0.475 e. The summed E-state index contributed by atoms with van der Waals surface area (Å²) in [6.45, 7) is 8.25. The van der Waals surface area contributed by atoms with Crippen molar-refractivity contribution in [3.63, 3.8) is 0 Å². The molecule has 1 aromatic heterocycles. The Kier molecular flexibility index (Phi) is 11.4. The van der Waals surface area contributed by atoms with Crippen molar-refractivity contribution in [1.29, 1.82) is 0 Å². The maximum absolute atomic E-state index is 5.64. The van der Waals surface area contributed by atoms with Crippen LogP contribution in [0.5, 0.6) is 5.88 Å². The number of guanidine groups is 1. The third-order valence-corrected chi connectivity index (χ3v) is 3.26. The maximum Gasteiger partial charge on any atom is 0.218 e. The lowest BCUT2D eigenvalue weighted by Gasteiger charge is -2.14. The Morgan fingerprint density at radius 1 is 1.24 bits per heavy atom. The van der Waals surface area contributed by atoms with Crippen molar-refractivity contribution in [3.05, 3.63) is 23.9 Å². The molecule has 0 saturated carbocycles. The molecule has 7 nitrogen and oxygen atoms in total. The summed E-state index contributed by atoms with van der Waals surface area (Å²) in [5.41, 5.74) is 0.974. The molecule has 0 saturated heterocycles. The Labute approximate surface area is 151 Å². The molecule has 0 atom stereocenters. The molecule has 0 aliphatic carbocycles. The van der Waals surface area contributed by atoms with Crippen molar-refractivity contribution in [2.45, 2.75) is 26.8 Å². The standard InChI is InChI=1S/C18H32N4O3/c1-15(2)14-24-10-6-9-21-18(19-3)22-13-16-7-5-8-20-17(16)25-12-11-23-4/h5,7-8,15H,6,9-14H2,1-4H3,(H2,19,21,22). The average Bonchev–Trinajstić information content (AvgIpc) is 2.61. The molecular weight excluding hydrogens is 320 g/mol. The number of nitrogens with zero attached hydrogens (tertiary/aromatic N) is 2. The van der Waals surface area contributed by atoms with Gasteiger partial charge in [0.2, 0.25) is 5.88 Å². The van der Waals surface area contributed by atoms with Crippen LogP contribution in [0.25, 0.3) is 0 Å². The largest absolute Gasteiger partial charge is 0.475 e. The zero-order valence-electron chi connectivity index (χ0n) is 15.9. The van der Waals surface area contributed by atoms with E-state index in [1.54, 1.807) is 20.4 Å². The van der Waals surface area contributed by atoms with E-state index in [4.69, 9.17) is 14.2 Å². The van der Waals surface area contributed by atoms with E-state index in [0.717, 1.165) is 37.7 Å². The lowest BCUT2D eigenvalue weighted by Crippen LogP contribution is -2.37. The lowest BCUT2D eigenvalue weighted by molar-refractivity contribution is 0.108. The molecule has 1 aromatic rings. The molecule has 0 radical (unpaired) electrons. The Hall–Kier alpha value is -1.86. The van der Waals surface area contributed by atoms with Crippen LogP contribution in [-0.2, 0) is 16.0 Å². The minimum absolute atomic E-state index is 0.476. The molecule has 0 bridgehead atoms. The fraction of sp³-hybridized carbons (Fsp3) is 0.667. The molecule has 0 unspecified atom stereocenters. The third-order valence-electron chi connectivity index (χ3n) is 3.26. The normalized spacial score (nSPS) is 11.6. The second-order valence-corrected chi connectivity index (χ2v) is 5.98. The Morgan fingerprint density at radius 2 is 2.08 bits per heavy atom. The number of hydrogen-bond donors (Lipinski definition) is 2. The fourth-order valence-electron chi connectivity index (χ4n) is 2.01. The number of ether oxygens (including phenoxy) is 3. The SMILES string of the molecule is CN=C(NCCCOCC(C)C)NCc1cccnc1OCCOC. The van der Waals surface area contributed by atoms with Crippen LogP contribution in [0.15, 0.2) is 23.3 Å². The van der Waals surface area contributed by atoms with Gasteiger partial charge in [0.05, 0.1) is 6.61 Å². The van der Waals surface area contributed by atoms with Gasteiger partial charge in [0.25, 0.3) is 0 Å². The van der Waals surface area contributed by atoms with Gasteiger partial charge in [-0.3, -0.25) is 4.99 Å². The molecule has 1 rings (SSSR count). The highest BCUT2D eigenvalue weighted by molar-refractivity contribution is 5.79. The third kappa shape index (κ3) is 9.89. The van der Waals surface area contributed by atoms with Crippen molar-refractivity contribution in [1.82, 2.24) is 15.6 Å². The second-order valence-electron chi connectivity index (χ2n) is 5.98. The Bertz CT molecular complexity index is 495. The van der Waals surface area contributed by atoms with Gasteiger partial charge in [-0.15, -0.1) is 0 Å². The molecule has 1 heterocycles. The monoisotopic (exact) mass is 352 g/mol. The predicted molar refractivity (Wildman–Crippen MR) is 100 cm³/mol. The van der Waals surface area contributed by atoms with Crippen molar-refractivity contribution >= 4 is 5.96 Å². The van der Waals surface area contributed by atoms with E-state index >= 15 is 0 Å². The van der Waals surface area contributed by atoms with Crippen LogP contribution in [0.2, 0.25) is 0 Å². The molecule has 0 aliphatic heterocycles. The van der Waals surface area contributed by atoms with E-state index in [9.17, 15) is 0 Å². The second kappa shape index (κ2) is 13.4. The van der Waals surface area contributed by atoms with Crippen LogP contribution in [0.3, 0.4) is 0 Å². The number of nitrogens with one attached hydrogen (secondary N) is 2. The molecule has 25 heavy (non-hydrogen) atoms. The van der Waals surface area contributed by atoms with E-state index in [0.29, 0.717) is 31.6 Å².